The van der Waals surface area contributed by atoms with E-state index in [1.54, 1.807) is 12.2 Å². The summed E-state index contributed by atoms with van der Waals surface area (Å²) in [4.78, 5) is 0.175. The summed E-state index contributed by atoms with van der Waals surface area (Å²) in [5, 5.41) is 0. The van der Waals surface area contributed by atoms with Crippen LogP contribution >= 0.6 is 10.7 Å². The minimum atomic E-state index is -3.62. The molecule has 0 saturated heterocycles. The van der Waals surface area contributed by atoms with Crippen LogP contribution in [0.1, 0.15) is 20.3 Å². The Morgan fingerprint density at radius 2 is 2.07 bits per heavy atom. The van der Waals surface area contributed by atoms with E-state index in [1.165, 1.54) is 6.08 Å². The van der Waals surface area contributed by atoms with Crippen LogP contribution in [-0.4, -0.2) is 8.42 Å². The molecule has 78 valence electrons. The van der Waals surface area contributed by atoms with E-state index in [0.29, 0.717) is 0 Å². The van der Waals surface area contributed by atoms with E-state index < -0.39 is 9.05 Å². The minimum absolute atomic E-state index is 0.175. The molecule has 0 N–H and O–H groups in total. The van der Waals surface area contributed by atoms with Crippen molar-refractivity contribution in [3.05, 3.63) is 35.3 Å². The molecule has 0 bridgehead atoms. The van der Waals surface area contributed by atoms with Gasteiger partial charge in [-0.25, -0.2) is 8.42 Å². The quantitative estimate of drug-likeness (QED) is 0.686. The number of allylic oxidation sites excluding steroid dienone is 5. The van der Waals surface area contributed by atoms with Gasteiger partial charge in [-0.05, 0) is 12.5 Å². The second-order valence-corrected chi connectivity index (χ2v) is 6.13. The van der Waals surface area contributed by atoms with Crippen molar-refractivity contribution in [3.63, 3.8) is 0 Å². The highest BCUT2D eigenvalue weighted by Crippen LogP contribution is 2.31. The van der Waals surface area contributed by atoms with Crippen molar-refractivity contribution in [2.45, 2.75) is 20.3 Å². The third kappa shape index (κ3) is 2.72. The molecule has 0 saturated carbocycles. The van der Waals surface area contributed by atoms with Gasteiger partial charge in [-0.2, -0.15) is 0 Å². The maximum Gasteiger partial charge on any atom is 0.261 e. The van der Waals surface area contributed by atoms with Crippen molar-refractivity contribution in [2.24, 2.45) is 5.41 Å². The summed E-state index contributed by atoms with van der Waals surface area (Å²) in [6, 6.07) is 0. The molecule has 0 spiro atoms. The van der Waals surface area contributed by atoms with Crippen LogP contribution in [0.25, 0.3) is 0 Å². The Morgan fingerprint density at radius 3 is 2.57 bits per heavy atom. The number of hydrogen-bond donors (Lipinski definition) is 0. The van der Waals surface area contributed by atoms with Gasteiger partial charge in [0.05, 0.1) is 4.91 Å². The zero-order chi connectivity index (χ0) is 10.8. The molecule has 0 amide bonds. The van der Waals surface area contributed by atoms with Crippen molar-refractivity contribution in [1.29, 1.82) is 0 Å². The van der Waals surface area contributed by atoms with Crippen LogP contribution in [0.15, 0.2) is 35.3 Å². The Morgan fingerprint density at radius 1 is 1.43 bits per heavy atom. The largest absolute Gasteiger partial charge is 0.261 e. The van der Waals surface area contributed by atoms with Gasteiger partial charge in [0.15, 0.2) is 0 Å². The summed E-state index contributed by atoms with van der Waals surface area (Å²) in [6.45, 7) is 3.98. The van der Waals surface area contributed by atoms with Crippen molar-refractivity contribution in [1.82, 2.24) is 0 Å². The Bertz CT molecular complexity index is 404. The molecule has 2 nitrogen and oxygen atoms in total. The Balaban J connectivity index is 3.21. The molecule has 14 heavy (non-hydrogen) atoms. The first-order valence-electron chi connectivity index (χ1n) is 4.41. The van der Waals surface area contributed by atoms with E-state index in [9.17, 15) is 8.42 Å². The first kappa shape index (κ1) is 11.5. The maximum atomic E-state index is 11.2. The molecule has 1 rings (SSSR count). The van der Waals surface area contributed by atoms with Crippen LogP contribution < -0.4 is 0 Å². The lowest BCUT2D eigenvalue weighted by Crippen LogP contribution is -2.09. The minimum Gasteiger partial charge on any atom is -0.207 e. The molecule has 0 aliphatic heterocycles. The van der Waals surface area contributed by atoms with Gasteiger partial charge in [-0.15, -0.1) is 0 Å². The van der Waals surface area contributed by atoms with Gasteiger partial charge in [-0.1, -0.05) is 38.2 Å². The van der Waals surface area contributed by atoms with Gasteiger partial charge >= 0.3 is 0 Å². The summed E-state index contributed by atoms with van der Waals surface area (Å²) < 4.78 is 22.3. The van der Waals surface area contributed by atoms with Crippen LogP contribution in [0.4, 0.5) is 0 Å². The first-order chi connectivity index (χ1) is 6.37. The molecule has 1 atom stereocenters. The Labute approximate surface area is 89.4 Å². The Hall–Kier alpha value is -0.540. The van der Waals surface area contributed by atoms with Gasteiger partial charge in [0.1, 0.15) is 0 Å². The number of halogens is 1. The zero-order valence-corrected chi connectivity index (χ0v) is 9.77. The fourth-order valence-corrected chi connectivity index (χ4v) is 2.16. The monoisotopic (exact) mass is 232 g/mol. The summed E-state index contributed by atoms with van der Waals surface area (Å²) in [7, 11) is 1.67. The molecule has 0 aromatic carbocycles. The molecular formula is C10H13ClO2S. The van der Waals surface area contributed by atoms with Crippen LogP contribution in [0.2, 0.25) is 0 Å². The molecule has 0 aromatic heterocycles. The SMILES string of the molecule is CCC1(C)C=CC=CC(S(=O)(=O)Cl)=C1. The van der Waals surface area contributed by atoms with Gasteiger partial charge in [0.2, 0.25) is 0 Å². The third-order valence-corrected chi connectivity index (χ3v) is 3.72. The van der Waals surface area contributed by atoms with Crippen LogP contribution in [0.3, 0.4) is 0 Å². The van der Waals surface area contributed by atoms with Crippen molar-refractivity contribution >= 4 is 19.7 Å². The summed E-state index contributed by atoms with van der Waals surface area (Å²) in [5.74, 6) is 0. The summed E-state index contributed by atoms with van der Waals surface area (Å²) in [5.41, 5.74) is -0.235. The highest BCUT2D eigenvalue weighted by atomic mass is 35.7. The lowest BCUT2D eigenvalue weighted by atomic mass is 9.87. The summed E-state index contributed by atoms with van der Waals surface area (Å²) >= 11 is 0. The van der Waals surface area contributed by atoms with E-state index in [2.05, 4.69) is 0 Å². The standard InChI is InChI=1S/C10H13ClO2S/c1-3-10(2)7-5-4-6-9(8-10)14(11,12)13/h4-8H,3H2,1-2H3. The maximum absolute atomic E-state index is 11.2. The van der Waals surface area contributed by atoms with Crippen LogP contribution in [-0.2, 0) is 9.05 Å². The lowest BCUT2D eigenvalue weighted by Gasteiger charge is -2.19. The molecule has 4 heteroatoms. The molecule has 0 fully saturated rings. The van der Waals surface area contributed by atoms with Crippen molar-refractivity contribution in [3.8, 4) is 0 Å². The zero-order valence-electron chi connectivity index (χ0n) is 8.20. The van der Waals surface area contributed by atoms with Crippen LogP contribution in [0.5, 0.6) is 0 Å². The van der Waals surface area contributed by atoms with Crippen molar-refractivity contribution < 1.29 is 8.42 Å². The smallest absolute Gasteiger partial charge is 0.207 e. The molecule has 0 heterocycles. The van der Waals surface area contributed by atoms with Gasteiger partial charge < -0.3 is 0 Å². The Kier molecular flexibility index (Phi) is 3.22. The van der Waals surface area contributed by atoms with E-state index >= 15 is 0 Å². The van der Waals surface area contributed by atoms with Crippen LogP contribution in [0, 0.1) is 5.41 Å². The first-order valence-corrected chi connectivity index (χ1v) is 6.72. The number of rotatable bonds is 2. The van der Waals surface area contributed by atoms with E-state index in [1.807, 2.05) is 26.0 Å². The normalized spacial score (nSPS) is 27.2. The van der Waals surface area contributed by atoms with Gasteiger partial charge in [-0.3, -0.25) is 0 Å². The van der Waals surface area contributed by atoms with Crippen molar-refractivity contribution in [2.75, 3.05) is 0 Å². The van der Waals surface area contributed by atoms with E-state index in [0.717, 1.165) is 6.42 Å². The molecule has 1 aliphatic rings. The molecule has 0 radical (unpaired) electrons. The summed E-state index contributed by atoms with van der Waals surface area (Å²) in [6.07, 6.45) is 9.54. The highest BCUT2D eigenvalue weighted by molar-refractivity contribution is 8.17. The average Bonchev–Trinajstić information content (AvgIpc) is 2.27. The number of hydrogen-bond acceptors (Lipinski definition) is 2. The van der Waals surface area contributed by atoms with Gasteiger partial charge in [0.25, 0.3) is 9.05 Å². The fraction of sp³-hybridized carbons (Fsp3) is 0.400. The predicted molar refractivity (Wildman–Crippen MR) is 59.5 cm³/mol. The third-order valence-electron chi connectivity index (χ3n) is 2.36. The molecular weight excluding hydrogens is 220 g/mol. The topological polar surface area (TPSA) is 34.1 Å². The molecule has 0 aromatic rings. The van der Waals surface area contributed by atoms with E-state index in [-0.39, 0.29) is 10.3 Å². The molecule has 1 unspecified atom stereocenters. The fourth-order valence-electron chi connectivity index (χ4n) is 1.22. The van der Waals surface area contributed by atoms with E-state index in [4.69, 9.17) is 10.7 Å². The van der Waals surface area contributed by atoms with Gasteiger partial charge in [0, 0.05) is 16.1 Å². The second kappa shape index (κ2) is 3.91. The highest BCUT2D eigenvalue weighted by Gasteiger charge is 2.21. The lowest BCUT2D eigenvalue weighted by molar-refractivity contribution is 0.529. The predicted octanol–water partition coefficient (Wildman–Crippen LogP) is 2.98. The second-order valence-electron chi connectivity index (χ2n) is 3.56. The average molecular weight is 233 g/mol. The molecule has 1 aliphatic carbocycles.